The lowest BCUT2D eigenvalue weighted by Crippen LogP contribution is -2.42. The average Bonchev–Trinajstić information content (AvgIpc) is 2.27. The van der Waals surface area contributed by atoms with Crippen LogP contribution in [0.3, 0.4) is 0 Å². The number of anilines is 1. The van der Waals surface area contributed by atoms with Gasteiger partial charge in [-0.3, -0.25) is 0 Å². The van der Waals surface area contributed by atoms with E-state index < -0.39 is 10.2 Å². The maximum absolute atomic E-state index is 12.0. The van der Waals surface area contributed by atoms with E-state index in [1.54, 1.807) is 20.0 Å². The number of para-hydroxylation sites is 1. The van der Waals surface area contributed by atoms with E-state index in [0.717, 1.165) is 5.56 Å². The largest absolute Gasteiger partial charge is 0.398 e. The summed E-state index contributed by atoms with van der Waals surface area (Å²) in [5.74, 6) is 0. The summed E-state index contributed by atoms with van der Waals surface area (Å²) >= 11 is 0. The SMILES string of the molecule is CC(NS(=O)(=O)N(C)C(C)C)c1ccccc1N. The highest BCUT2D eigenvalue weighted by Gasteiger charge is 2.23. The van der Waals surface area contributed by atoms with E-state index in [1.165, 1.54) is 4.31 Å². The van der Waals surface area contributed by atoms with Crippen molar-refractivity contribution in [3.05, 3.63) is 29.8 Å². The van der Waals surface area contributed by atoms with Crippen LogP contribution < -0.4 is 10.5 Å². The van der Waals surface area contributed by atoms with Gasteiger partial charge in [-0.25, -0.2) is 0 Å². The van der Waals surface area contributed by atoms with Crippen molar-refractivity contribution >= 4 is 15.9 Å². The molecule has 0 aliphatic heterocycles. The Labute approximate surface area is 109 Å². The molecule has 0 spiro atoms. The van der Waals surface area contributed by atoms with Crippen molar-refractivity contribution in [1.29, 1.82) is 0 Å². The number of nitrogens with two attached hydrogens (primary N) is 1. The van der Waals surface area contributed by atoms with Crippen LogP contribution in [0.5, 0.6) is 0 Å². The van der Waals surface area contributed by atoms with Crippen LogP contribution in [-0.2, 0) is 10.2 Å². The molecule has 102 valence electrons. The number of hydrogen-bond donors (Lipinski definition) is 2. The Kier molecular flexibility index (Phi) is 4.72. The van der Waals surface area contributed by atoms with Crippen molar-refractivity contribution in [1.82, 2.24) is 9.03 Å². The Morgan fingerprint density at radius 1 is 1.22 bits per heavy atom. The molecule has 1 rings (SSSR count). The molecule has 0 aliphatic rings. The molecule has 5 nitrogen and oxygen atoms in total. The van der Waals surface area contributed by atoms with Gasteiger partial charge in [-0.15, -0.1) is 0 Å². The van der Waals surface area contributed by atoms with Gasteiger partial charge in [0, 0.05) is 24.8 Å². The van der Waals surface area contributed by atoms with Crippen molar-refractivity contribution in [3.8, 4) is 0 Å². The molecule has 1 unspecified atom stereocenters. The first kappa shape index (κ1) is 14.9. The van der Waals surface area contributed by atoms with Crippen LogP contribution in [0.25, 0.3) is 0 Å². The Morgan fingerprint density at radius 3 is 2.28 bits per heavy atom. The molecule has 6 heteroatoms. The molecule has 18 heavy (non-hydrogen) atoms. The lowest BCUT2D eigenvalue weighted by Gasteiger charge is -2.24. The van der Waals surface area contributed by atoms with Crippen LogP contribution in [0.2, 0.25) is 0 Å². The summed E-state index contributed by atoms with van der Waals surface area (Å²) in [6.07, 6.45) is 0. The number of nitrogens with one attached hydrogen (secondary N) is 1. The minimum atomic E-state index is -3.50. The first-order valence-corrected chi connectivity index (χ1v) is 7.29. The van der Waals surface area contributed by atoms with E-state index >= 15 is 0 Å². The van der Waals surface area contributed by atoms with Gasteiger partial charge in [0.15, 0.2) is 0 Å². The van der Waals surface area contributed by atoms with Crippen LogP contribution in [0.1, 0.15) is 32.4 Å². The highest BCUT2D eigenvalue weighted by atomic mass is 32.2. The third kappa shape index (κ3) is 3.44. The molecule has 0 amide bonds. The molecule has 3 N–H and O–H groups in total. The third-order valence-electron chi connectivity index (χ3n) is 2.89. The molecule has 1 atom stereocenters. The van der Waals surface area contributed by atoms with Gasteiger partial charge in [0.2, 0.25) is 0 Å². The van der Waals surface area contributed by atoms with Crippen molar-refractivity contribution < 1.29 is 8.42 Å². The summed E-state index contributed by atoms with van der Waals surface area (Å²) in [5, 5.41) is 0. The fraction of sp³-hybridized carbons (Fsp3) is 0.500. The fourth-order valence-electron chi connectivity index (χ4n) is 1.55. The molecule has 0 heterocycles. The van der Waals surface area contributed by atoms with Gasteiger partial charge < -0.3 is 5.73 Å². The van der Waals surface area contributed by atoms with E-state index in [-0.39, 0.29) is 12.1 Å². The Hall–Kier alpha value is -1.11. The van der Waals surface area contributed by atoms with Crippen LogP contribution in [-0.4, -0.2) is 25.8 Å². The fourth-order valence-corrected chi connectivity index (χ4v) is 2.85. The number of nitrogen functional groups attached to an aromatic ring is 1. The van der Waals surface area contributed by atoms with Gasteiger partial charge in [-0.2, -0.15) is 17.4 Å². The molecule has 0 saturated heterocycles. The zero-order valence-electron chi connectivity index (χ0n) is 11.2. The number of hydrogen-bond acceptors (Lipinski definition) is 3. The van der Waals surface area contributed by atoms with E-state index in [1.807, 2.05) is 32.0 Å². The van der Waals surface area contributed by atoms with Crippen LogP contribution >= 0.6 is 0 Å². The van der Waals surface area contributed by atoms with E-state index in [4.69, 9.17) is 5.73 Å². The number of rotatable bonds is 5. The molecule has 0 aliphatic carbocycles. The van der Waals surface area contributed by atoms with Gasteiger partial charge in [0.1, 0.15) is 0 Å². The molecule has 0 aromatic heterocycles. The Bertz CT molecular complexity index is 500. The maximum atomic E-state index is 12.0. The molecule has 0 bridgehead atoms. The van der Waals surface area contributed by atoms with Crippen LogP contribution in [0, 0.1) is 0 Å². The second-order valence-electron chi connectivity index (χ2n) is 4.58. The first-order chi connectivity index (χ1) is 8.25. The third-order valence-corrected chi connectivity index (χ3v) is 4.73. The second-order valence-corrected chi connectivity index (χ2v) is 6.35. The van der Waals surface area contributed by atoms with Crippen LogP contribution in [0.4, 0.5) is 5.69 Å². The lowest BCUT2D eigenvalue weighted by atomic mass is 10.1. The minimum Gasteiger partial charge on any atom is -0.398 e. The zero-order valence-corrected chi connectivity index (χ0v) is 12.0. The highest BCUT2D eigenvalue weighted by molar-refractivity contribution is 7.87. The van der Waals surface area contributed by atoms with E-state index in [9.17, 15) is 8.42 Å². The highest BCUT2D eigenvalue weighted by Crippen LogP contribution is 2.20. The standard InChI is InChI=1S/C12H21N3O2S/c1-9(2)15(4)18(16,17)14-10(3)11-7-5-6-8-12(11)13/h5-10,14H,13H2,1-4H3. The van der Waals surface area contributed by atoms with Gasteiger partial charge in [0.25, 0.3) is 10.2 Å². The molecular formula is C12H21N3O2S. The van der Waals surface area contributed by atoms with Gasteiger partial charge in [-0.1, -0.05) is 18.2 Å². The van der Waals surface area contributed by atoms with E-state index in [0.29, 0.717) is 5.69 Å². The predicted molar refractivity (Wildman–Crippen MR) is 74.2 cm³/mol. The molecule has 0 radical (unpaired) electrons. The van der Waals surface area contributed by atoms with Crippen molar-refractivity contribution in [2.45, 2.75) is 32.9 Å². The first-order valence-electron chi connectivity index (χ1n) is 5.85. The second kappa shape index (κ2) is 5.69. The summed E-state index contributed by atoms with van der Waals surface area (Å²) < 4.78 is 28.0. The summed E-state index contributed by atoms with van der Waals surface area (Å²) in [6.45, 7) is 5.42. The zero-order chi connectivity index (χ0) is 13.9. The van der Waals surface area contributed by atoms with Crippen molar-refractivity contribution in [3.63, 3.8) is 0 Å². The molecule has 0 saturated carbocycles. The molecule has 0 fully saturated rings. The van der Waals surface area contributed by atoms with Gasteiger partial charge in [-0.05, 0) is 32.4 Å². The summed E-state index contributed by atoms with van der Waals surface area (Å²) in [5.41, 5.74) is 7.19. The average molecular weight is 271 g/mol. The maximum Gasteiger partial charge on any atom is 0.279 e. The summed E-state index contributed by atoms with van der Waals surface area (Å²) in [4.78, 5) is 0. The molecule has 1 aromatic rings. The van der Waals surface area contributed by atoms with Gasteiger partial charge in [0.05, 0.1) is 0 Å². The summed E-state index contributed by atoms with van der Waals surface area (Å²) in [7, 11) is -1.95. The monoisotopic (exact) mass is 271 g/mol. The van der Waals surface area contributed by atoms with Crippen molar-refractivity contribution in [2.24, 2.45) is 0 Å². The van der Waals surface area contributed by atoms with E-state index in [2.05, 4.69) is 4.72 Å². The lowest BCUT2D eigenvalue weighted by molar-refractivity contribution is 0.398. The molecule has 1 aromatic carbocycles. The van der Waals surface area contributed by atoms with Crippen LogP contribution in [0.15, 0.2) is 24.3 Å². The Balaban J connectivity index is 2.89. The summed E-state index contributed by atoms with van der Waals surface area (Å²) in [6, 6.07) is 6.77. The minimum absolute atomic E-state index is 0.0946. The van der Waals surface area contributed by atoms with Gasteiger partial charge >= 0.3 is 0 Å². The quantitative estimate of drug-likeness (QED) is 0.797. The topological polar surface area (TPSA) is 75.4 Å². The predicted octanol–water partition coefficient (Wildman–Crippen LogP) is 1.50. The number of nitrogens with zero attached hydrogens (tertiary/aromatic N) is 1. The van der Waals surface area contributed by atoms with Crippen molar-refractivity contribution in [2.75, 3.05) is 12.8 Å². The number of benzene rings is 1. The molecular weight excluding hydrogens is 250 g/mol. The normalized spacial score (nSPS) is 14.1. The Morgan fingerprint density at radius 2 is 1.78 bits per heavy atom. The smallest absolute Gasteiger partial charge is 0.279 e.